The topological polar surface area (TPSA) is 9.23 Å². The molecule has 0 bridgehead atoms. The largest absolute Gasteiger partial charge is 0.497 e. The number of rotatable bonds is 4. The van der Waals surface area contributed by atoms with Gasteiger partial charge >= 0.3 is 0 Å². The third-order valence-corrected chi connectivity index (χ3v) is 4.45. The molecule has 0 saturated carbocycles. The minimum Gasteiger partial charge on any atom is -0.497 e. The van der Waals surface area contributed by atoms with E-state index in [2.05, 4.69) is 28.7 Å². The molecule has 0 aliphatic heterocycles. The van der Waals surface area contributed by atoms with Gasteiger partial charge in [-0.15, -0.1) is 11.6 Å². The van der Waals surface area contributed by atoms with Crippen LogP contribution in [0, 0.1) is 3.57 Å². The average Bonchev–Trinajstić information content (AvgIpc) is 2.41. The first-order chi connectivity index (χ1) is 9.10. The van der Waals surface area contributed by atoms with Gasteiger partial charge in [-0.3, -0.25) is 0 Å². The van der Waals surface area contributed by atoms with Crippen molar-refractivity contribution in [2.75, 3.05) is 7.11 Å². The summed E-state index contributed by atoms with van der Waals surface area (Å²) in [6.07, 6.45) is 0.745. The van der Waals surface area contributed by atoms with Gasteiger partial charge in [-0.2, -0.15) is 0 Å². The summed E-state index contributed by atoms with van der Waals surface area (Å²) >= 11 is 14.8. The van der Waals surface area contributed by atoms with Crippen LogP contribution in [-0.4, -0.2) is 7.11 Å². The van der Waals surface area contributed by atoms with E-state index >= 15 is 0 Å². The first-order valence-corrected chi connectivity index (χ1v) is 7.71. The lowest BCUT2D eigenvalue weighted by atomic mass is 10.0. The van der Waals surface area contributed by atoms with Gasteiger partial charge in [0.25, 0.3) is 0 Å². The maximum atomic E-state index is 6.51. The Bertz CT molecular complexity index is 572. The van der Waals surface area contributed by atoms with Gasteiger partial charge in [0.2, 0.25) is 0 Å². The number of hydrogen-bond donors (Lipinski definition) is 0. The molecule has 100 valence electrons. The van der Waals surface area contributed by atoms with Crippen molar-refractivity contribution >= 4 is 45.8 Å². The summed E-state index contributed by atoms with van der Waals surface area (Å²) in [4.78, 5) is 0. The molecule has 0 spiro atoms. The van der Waals surface area contributed by atoms with E-state index in [1.54, 1.807) is 7.11 Å². The Balaban J connectivity index is 2.20. The van der Waals surface area contributed by atoms with E-state index in [1.165, 1.54) is 0 Å². The van der Waals surface area contributed by atoms with Crippen molar-refractivity contribution in [1.82, 2.24) is 0 Å². The van der Waals surface area contributed by atoms with Crippen molar-refractivity contribution < 1.29 is 4.74 Å². The molecule has 1 nitrogen and oxygen atoms in total. The number of methoxy groups -OCH3 is 1. The Hall–Kier alpha value is -0.450. The molecular weight excluding hydrogens is 394 g/mol. The second-order valence-electron chi connectivity index (χ2n) is 4.19. The summed E-state index contributed by atoms with van der Waals surface area (Å²) in [7, 11) is 1.66. The summed E-state index contributed by atoms with van der Waals surface area (Å²) in [5.74, 6) is 0.849. The van der Waals surface area contributed by atoms with Crippen LogP contribution in [0.25, 0.3) is 0 Å². The molecule has 1 atom stereocenters. The normalized spacial score (nSPS) is 12.2. The van der Waals surface area contributed by atoms with Gasteiger partial charge in [0.05, 0.1) is 12.5 Å². The molecule has 0 saturated heterocycles. The Morgan fingerprint density at radius 1 is 1.21 bits per heavy atom. The molecule has 0 aliphatic carbocycles. The van der Waals surface area contributed by atoms with Crippen molar-refractivity contribution in [3.63, 3.8) is 0 Å². The summed E-state index contributed by atoms with van der Waals surface area (Å²) in [6, 6.07) is 13.8. The lowest BCUT2D eigenvalue weighted by Crippen LogP contribution is -1.99. The first kappa shape index (κ1) is 14.9. The van der Waals surface area contributed by atoms with Crippen molar-refractivity contribution in [2.24, 2.45) is 0 Å². The summed E-state index contributed by atoms with van der Waals surface area (Å²) in [6.45, 7) is 0. The van der Waals surface area contributed by atoms with E-state index in [0.717, 1.165) is 26.9 Å². The van der Waals surface area contributed by atoms with E-state index < -0.39 is 0 Å². The molecule has 2 aromatic carbocycles. The SMILES string of the molecule is COc1cccc(CC(Cl)c2cc(Cl)ccc2I)c1. The van der Waals surface area contributed by atoms with Crippen LogP contribution < -0.4 is 4.74 Å². The van der Waals surface area contributed by atoms with Crippen molar-refractivity contribution in [3.05, 3.63) is 62.2 Å². The summed E-state index contributed by atoms with van der Waals surface area (Å²) < 4.78 is 6.35. The van der Waals surface area contributed by atoms with E-state index in [-0.39, 0.29) is 5.38 Å². The monoisotopic (exact) mass is 406 g/mol. The Morgan fingerprint density at radius 2 is 2.00 bits per heavy atom. The average molecular weight is 407 g/mol. The molecule has 19 heavy (non-hydrogen) atoms. The molecule has 0 N–H and O–H groups in total. The molecular formula is C15H13Cl2IO. The molecule has 0 aliphatic rings. The van der Waals surface area contributed by atoms with E-state index in [1.807, 2.05) is 36.4 Å². The highest BCUT2D eigenvalue weighted by Gasteiger charge is 2.13. The maximum absolute atomic E-state index is 6.51. The zero-order valence-corrected chi connectivity index (χ0v) is 14.0. The zero-order valence-electron chi connectivity index (χ0n) is 10.4. The van der Waals surface area contributed by atoms with Crippen LogP contribution in [-0.2, 0) is 6.42 Å². The molecule has 1 unspecified atom stereocenters. The predicted octanol–water partition coefficient (Wildman–Crippen LogP) is 5.48. The van der Waals surface area contributed by atoms with Gasteiger partial charge in [0.1, 0.15) is 5.75 Å². The zero-order chi connectivity index (χ0) is 13.8. The fourth-order valence-corrected chi connectivity index (χ4v) is 3.31. The molecule has 0 heterocycles. The Morgan fingerprint density at radius 3 is 2.74 bits per heavy atom. The number of benzene rings is 2. The molecule has 2 aromatic rings. The van der Waals surface area contributed by atoms with Crippen molar-refractivity contribution in [2.45, 2.75) is 11.8 Å². The third kappa shape index (κ3) is 4.01. The van der Waals surface area contributed by atoms with E-state index in [9.17, 15) is 0 Å². The van der Waals surface area contributed by atoms with E-state index in [4.69, 9.17) is 27.9 Å². The molecule has 0 radical (unpaired) electrons. The number of alkyl halides is 1. The van der Waals surface area contributed by atoms with Crippen LogP contribution in [0.15, 0.2) is 42.5 Å². The van der Waals surface area contributed by atoms with Crippen LogP contribution >= 0.6 is 45.8 Å². The summed E-state index contributed by atoms with van der Waals surface area (Å²) in [5.41, 5.74) is 2.22. The van der Waals surface area contributed by atoms with Gasteiger partial charge in [0.15, 0.2) is 0 Å². The highest BCUT2D eigenvalue weighted by Crippen LogP contribution is 2.31. The Kier molecular flexibility index (Phi) is 5.37. The van der Waals surface area contributed by atoms with Crippen LogP contribution in [0.5, 0.6) is 5.75 Å². The van der Waals surface area contributed by atoms with E-state index in [0.29, 0.717) is 5.02 Å². The highest BCUT2D eigenvalue weighted by molar-refractivity contribution is 14.1. The number of hydrogen-bond acceptors (Lipinski definition) is 1. The van der Waals surface area contributed by atoms with Gasteiger partial charge in [-0.05, 0) is 70.5 Å². The third-order valence-electron chi connectivity index (χ3n) is 2.84. The van der Waals surface area contributed by atoms with Crippen molar-refractivity contribution in [1.29, 1.82) is 0 Å². The lowest BCUT2D eigenvalue weighted by Gasteiger charge is -2.13. The quantitative estimate of drug-likeness (QED) is 0.482. The maximum Gasteiger partial charge on any atom is 0.119 e. The number of ether oxygens (including phenoxy) is 1. The van der Waals surface area contributed by atoms with Gasteiger partial charge in [-0.1, -0.05) is 23.7 Å². The smallest absolute Gasteiger partial charge is 0.119 e. The molecule has 4 heteroatoms. The van der Waals surface area contributed by atoms with Crippen LogP contribution in [0.4, 0.5) is 0 Å². The fraction of sp³-hybridized carbons (Fsp3) is 0.200. The molecule has 2 rings (SSSR count). The second kappa shape index (κ2) is 6.82. The first-order valence-electron chi connectivity index (χ1n) is 5.82. The minimum atomic E-state index is -0.0993. The van der Waals surface area contributed by atoms with Gasteiger partial charge in [0, 0.05) is 8.59 Å². The minimum absolute atomic E-state index is 0.0993. The molecule has 0 aromatic heterocycles. The lowest BCUT2D eigenvalue weighted by molar-refractivity contribution is 0.414. The van der Waals surface area contributed by atoms with Crippen LogP contribution in [0.2, 0.25) is 5.02 Å². The summed E-state index contributed by atoms with van der Waals surface area (Å²) in [5, 5.41) is 0.615. The predicted molar refractivity (Wildman–Crippen MR) is 89.5 cm³/mol. The standard InChI is InChI=1S/C15H13Cl2IO/c1-19-12-4-2-3-10(7-12)8-14(17)13-9-11(16)5-6-15(13)18/h2-7,9,14H,8H2,1H3. The highest BCUT2D eigenvalue weighted by atomic mass is 127. The molecule has 0 amide bonds. The fourth-order valence-electron chi connectivity index (χ4n) is 1.87. The second-order valence-corrected chi connectivity index (χ2v) is 6.31. The van der Waals surface area contributed by atoms with Crippen LogP contribution in [0.3, 0.4) is 0 Å². The number of halogens is 3. The van der Waals surface area contributed by atoms with Gasteiger partial charge in [-0.25, -0.2) is 0 Å². The Labute approximate surface area is 137 Å². The van der Waals surface area contributed by atoms with Crippen LogP contribution in [0.1, 0.15) is 16.5 Å². The van der Waals surface area contributed by atoms with Gasteiger partial charge < -0.3 is 4.74 Å². The molecule has 0 fully saturated rings. The van der Waals surface area contributed by atoms with Crippen molar-refractivity contribution in [3.8, 4) is 5.75 Å².